The molecule has 0 unspecified atom stereocenters. The van der Waals surface area contributed by atoms with Crippen LogP contribution in [-0.2, 0) is 11.2 Å². The smallest absolute Gasteiger partial charge is 0.234 e. The lowest BCUT2D eigenvalue weighted by Crippen LogP contribution is -2.14. The number of carbonyl (C=O) groups is 1. The number of hydrogen-bond acceptors (Lipinski definition) is 4. The second-order valence-corrected chi connectivity index (χ2v) is 6.77. The summed E-state index contributed by atoms with van der Waals surface area (Å²) in [5, 5.41) is 12.4. The van der Waals surface area contributed by atoms with Crippen molar-refractivity contribution in [3.05, 3.63) is 77.1 Å². The van der Waals surface area contributed by atoms with Gasteiger partial charge in [-0.3, -0.25) is 4.79 Å². The average molecular weight is 362 g/mol. The van der Waals surface area contributed by atoms with Crippen molar-refractivity contribution in [2.45, 2.75) is 18.5 Å². The monoisotopic (exact) mass is 362 g/mol. The summed E-state index contributed by atoms with van der Waals surface area (Å²) in [6.45, 7) is 1.99. The highest BCUT2D eigenvalue weighted by Gasteiger charge is 2.10. The van der Waals surface area contributed by atoms with Crippen molar-refractivity contribution >= 4 is 23.4 Å². The lowest BCUT2D eigenvalue weighted by atomic mass is 10.1. The van der Waals surface area contributed by atoms with Crippen LogP contribution in [0.4, 0.5) is 5.69 Å². The van der Waals surface area contributed by atoms with Gasteiger partial charge < -0.3 is 10.3 Å². The first kappa shape index (κ1) is 17.8. The molecular formula is C20H18N4OS. The van der Waals surface area contributed by atoms with Gasteiger partial charge in [-0.05, 0) is 30.7 Å². The summed E-state index contributed by atoms with van der Waals surface area (Å²) < 4.78 is 0. The van der Waals surface area contributed by atoms with E-state index >= 15 is 0 Å². The molecule has 130 valence electrons. The van der Waals surface area contributed by atoms with Gasteiger partial charge >= 0.3 is 0 Å². The molecule has 0 aliphatic carbocycles. The molecule has 0 radical (unpaired) electrons. The van der Waals surface area contributed by atoms with Crippen molar-refractivity contribution in [3.63, 3.8) is 0 Å². The van der Waals surface area contributed by atoms with Gasteiger partial charge in [-0.1, -0.05) is 48.2 Å². The number of aromatic nitrogens is 2. The van der Waals surface area contributed by atoms with E-state index in [4.69, 9.17) is 5.26 Å². The molecule has 0 saturated carbocycles. The van der Waals surface area contributed by atoms with Crippen LogP contribution in [0, 0.1) is 18.3 Å². The molecule has 3 rings (SSSR count). The Morgan fingerprint density at radius 1 is 1.23 bits per heavy atom. The van der Waals surface area contributed by atoms with E-state index in [9.17, 15) is 4.79 Å². The lowest BCUT2D eigenvalue weighted by Gasteiger charge is -2.04. The van der Waals surface area contributed by atoms with Gasteiger partial charge in [0.25, 0.3) is 0 Å². The maximum atomic E-state index is 12.1. The summed E-state index contributed by atoms with van der Waals surface area (Å²) in [6.07, 6.45) is 0.761. The first-order chi connectivity index (χ1) is 12.6. The Bertz CT molecular complexity index is 944. The van der Waals surface area contributed by atoms with Crippen molar-refractivity contribution in [1.29, 1.82) is 5.26 Å². The number of rotatable bonds is 6. The van der Waals surface area contributed by atoms with Crippen LogP contribution in [-0.4, -0.2) is 21.6 Å². The van der Waals surface area contributed by atoms with Crippen LogP contribution in [0.1, 0.15) is 22.5 Å². The van der Waals surface area contributed by atoms with E-state index in [1.165, 1.54) is 17.3 Å². The molecule has 0 spiro atoms. The van der Waals surface area contributed by atoms with Crippen molar-refractivity contribution in [1.82, 2.24) is 9.97 Å². The molecule has 2 aromatic carbocycles. The van der Waals surface area contributed by atoms with Gasteiger partial charge in [-0.2, -0.15) is 5.26 Å². The Kier molecular flexibility index (Phi) is 5.72. The predicted octanol–water partition coefficient (Wildman–Crippen LogP) is 3.91. The molecule has 0 aliphatic heterocycles. The summed E-state index contributed by atoms with van der Waals surface area (Å²) in [5.74, 6) is 0.109. The second kappa shape index (κ2) is 8.37. The van der Waals surface area contributed by atoms with Crippen LogP contribution >= 0.6 is 11.8 Å². The number of benzene rings is 2. The number of anilines is 1. The van der Waals surface area contributed by atoms with Crippen molar-refractivity contribution < 1.29 is 4.79 Å². The van der Waals surface area contributed by atoms with Crippen LogP contribution in [0.3, 0.4) is 0 Å². The molecule has 0 atom stereocenters. The highest BCUT2D eigenvalue weighted by molar-refractivity contribution is 7.99. The molecule has 6 heteroatoms. The summed E-state index contributed by atoms with van der Waals surface area (Å²) in [4.78, 5) is 19.9. The molecular weight excluding hydrogens is 344 g/mol. The van der Waals surface area contributed by atoms with Crippen molar-refractivity contribution in [3.8, 4) is 6.07 Å². The fraction of sp³-hybridized carbons (Fsp3) is 0.150. The molecule has 1 heterocycles. The van der Waals surface area contributed by atoms with Crippen LogP contribution in [0.15, 0.2) is 59.8 Å². The van der Waals surface area contributed by atoms with E-state index in [1.54, 1.807) is 24.3 Å². The Morgan fingerprint density at radius 3 is 2.81 bits per heavy atom. The van der Waals surface area contributed by atoms with Crippen LogP contribution in [0.2, 0.25) is 0 Å². The van der Waals surface area contributed by atoms with Gasteiger partial charge in [0.2, 0.25) is 5.91 Å². The highest BCUT2D eigenvalue weighted by atomic mass is 32.2. The Morgan fingerprint density at radius 2 is 2.04 bits per heavy atom. The van der Waals surface area contributed by atoms with E-state index in [2.05, 4.69) is 33.5 Å². The summed E-state index contributed by atoms with van der Waals surface area (Å²) >= 11 is 1.36. The number of thioether (sulfide) groups is 1. The maximum Gasteiger partial charge on any atom is 0.234 e. The number of amides is 1. The van der Waals surface area contributed by atoms with E-state index < -0.39 is 0 Å². The minimum atomic E-state index is -0.135. The third kappa shape index (κ3) is 4.74. The minimum Gasteiger partial charge on any atom is -0.337 e. The van der Waals surface area contributed by atoms with Crippen LogP contribution in [0.5, 0.6) is 0 Å². The fourth-order valence-electron chi connectivity index (χ4n) is 2.49. The van der Waals surface area contributed by atoms with E-state index in [-0.39, 0.29) is 11.7 Å². The lowest BCUT2D eigenvalue weighted by molar-refractivity contribution is -0.113. The third-order valence-corrected chi connectivity index (χ3v) is 4.67. The van der Waals surface area contributed by atoms with Crippen molar-refractivity contribution in [2.75, 3.05) is 11.1 Å². The van der Waals surface area contributed by atoms with Gasteiger partial charge in [0.15, 0.2) is 5.16 Å². The third-order valence-electron chi connectivity index (χ3n) is 3.79. The summed E-state index contributed by atoms with van der Waals surface area (Å²) in [6, 6.07) is 19.1. The number of hydrogen-bond donors (Lipinski definition) is 2. The zero-order chi connectivity index (χ0) is 18.4. The topological polar surface area (TPSA) is 81.6 Å². The second-order valence-electron chi connectivity index (χ2n) is 5.81. The molecule has 0 aliphatic rings. The van der Waals surface area contributed by atoms with Gasteiger partial charge in [0, 0.05) is 17.8 Å². The zero-order valence-electron chi connectivity index (χ0n) is 14.3. The van der Waals surface area contributed by atoms with Crippen molar-refractivity contribution in [2.24, 2.45) is 0 Å². The van der Waals surface area contributed by atoms with Gasteiger partial charge in [-0.15, -0.1) is 0 Å². The Labute approximate surface area is 156 Å². The minimum absolute atomic E-state index is 0.135. The quantitative estimate of drug-likeness (QED) is 0.651. The number of aryl methyl sites for hydroxylation is 1. The normalized spacial score (nSPS) is 10.3. The number of nitriles is 1. The molecule has 3 aromatic rings. The van der Waals surface area contributed by atoms with E-state index in [0.29, 0.717) is 11.3 Å². The molecule has 26 heavy (non-hydrogen) atoms. The number of aromatic amines is 1. The van der Waals surface area contributed by atoms with Gasteiger partial charge in [0.1, 0.15) is 0 Å². The first-order valence-electron chi connectivity index (χ1n) is 8.16. The SMILES string of the molecule is Cc1[nH]c(SCC(=O)Nc2cccc(C#N)c2)nc1Cc1ccccc1. The molecule has 2 N–H and O–H groups in total. The van der Waals surface area contributed by atoms with Crippen LogP contribution < -0.4 is 5.32 Å². The van der Waals surface area contributed by atoms with Crippen LogP contribution in [0.25, 0.3) is 0 Å². The number of imidazole rings is 1. The number of nitrogens with zero attached hydrogens (tertiary/aromatic N) is 2. The Balaban J connectivity index is 1.57. The summed E-state index contributed by atoms with van der Waals surface area (Å²) in [7, 11) is 0. The van der Waals surface area contributed by atoms with Gasteiger partial charge in [-0.25, -0.2) is 4.98 Å². The predicted molar refractivity (Wildman–Crippen MR) is 103 cm³/mol. The molecule has 0 saturated heterocycles. The molecule has 0 fully saturated rings. The molecule has 5 nitrogen and oxygen atoms in total. The molecule has 1 amide bonds. The average Bonchev–Trinajstić information content (AvgIpc) is 3.00. The zero-order valence-corrected chi connectivity index (χ0v) is 15.1. The maximum absolute atomic E-state index is 12.1. The molecule has 0 bridgehead atoms. The standard InChI is InChI=1S/C20H18N4OS/c1-14-18(11-15-6-3-2-4-7-15)24-20(22-14)26-13-19(25)23-17-9-5-8-16(10-17)12-21/h2-10H,11,13H2,1H3,(H,22,24)(H,23,25). The van der Waals surface area contributed by atoms with E-state index in [1.807, 2.05) is 25.1 Å². The highest BCUT2D eigenvalue weighted by Crippen LogP contribution is 2.19. The fourth-order valence-corrected chi connectivity index (χ4v) is 3.23. The number of H-pyrrole nitrogens is 1. The molecule has 1 aromatic heterocycles. The first-order valence-corrected chi connectivity index (χ1v) is 9.15. The Hall–Kier alpha value is -3.04. The number of carbonyl (C=O) groups excluding carboxylic acids is 1. The largest absolute Gasteiger partial charge is 0.337 e. The summed E-state index contributed by atoms with van der Waals surface area (Å²) in [5.41, 5.74) is 4.34. The van der Waals surface area contributed by atoms with Gasteiger partial charge in [0.05, 0.1) is 23.1 Å². The van der Waals surface area contributed by atoms with E-state index in [0.717, 1.165) is 23.0 Å². The number of nitrogens with one attached hydrogen (secondary N) is 2.